The van der Waals surface area contributed by atoms with Crippen molar-refractivity contribution in [3.8, 4) is 0 Å². The van der Waals surface area contributed by atoms with Gasteiger partial charge in [0.05, 0.1) is 17.6 Å². The van der Waals surface area contributed by atoms with Gasteiger partial charge in [0.25, 0.3) is 11.8 Å². The summed E-state index contributed by atoms with van der Waals surface area (Å²) in [7, 11) is 0. The molecular formula is C33H41ClFN7O2. The van der Waals surface area contributed by atoms with Crippen LogP contribution in [0.2, 0.25) is 5.02 Å². The van der Waals surface area contributed by atoms with Gasteiger partial charge in [-0.25, -0.2) is 4.39 Å². The number of nitrogens with zero attached hydrogens (tertiary/aromatic N) is 5. The Balaban J connectivity index is 1.47. The topological polar surface area (TPSA) is 116 Å². The van der Waals surface area contributed by atoms with Crippen LogP contribution < -0.4 is 5.32 Å². The molecule has 2 amide bonds. The zero-order chi connectivity index (χ0) is 31.5. The lowest BCUT2D eigenvalue weighted by atomic mass is 9.67. The molecule has 1 aromatic heterocycles. The predicted molar refractivity (Wildman–Crippen MR) is 168 cm³/mol. The first kappa shape index (κ1) is 31.8. The minimum atomic E-state index is -0.702. The molecule has 1 atom stereocenters. The van der Waals surface area contributed by atoms with E-state index < -0.39 is 11.5 Å². The Morgan fingerprint density at radius 3 is 2.52 bits per heavy atom. The van der Waals surface area contributed by atoms with Gasteiger partial charge in [0, 0.05) is 11.1 Å². The van der Waals surface area contributed by atoms with Crippen molar-refractivity contribution in [1.29, 1.82) is 0 Å². The van der Waals surface area contributed by atoms with E-state index in [1.807, 2.05) is 17.0 Å². The Kier molecular flexibility index (Phi) is 9.48. The van der Waals surface area contributed by atoms with E-state index in [9.17, 15) is 14.0 Å². The highest BCUT2D eigenvalue weighted by atomic mass is 35.5. The molecule has 0 radical (unpaired) electrons. The average molecular weight is 622 g/mol. The molecule has 5 rings (SSSR count). The van der Waals surface area contributed by atoms with Crippen molar-refractivity contribution in [3.63, 3.8) is 0 Å². The van der Waals surface area contributed by atoms with E-state index in [4.69, 9.17) is 16.6 Å². The van der Waals surface area contributed by atoms with E-state index in [1.54, 1.807) is 18.2 Å². The van der Waals surface area contributed by atoms with Crippen molar-refractivity contribution in [2.24, 2.45) is 16.3 Å². The highest BCUT2D eigenvalue weighted by Gasteiger charge is 2.52. The van der Waals surface area contributed by atoms with Crippen molar-refractivity contribution >= 4 is 29.1 Å². The number of hydrogen-bond acceptors (Lipinski definition) is 6. The summed E-state index contributed by atoms with van der Waals surface area (Å²) in [5.41, 5.74) is 1.81. The number of tetrazole rings is 1. The molecule has 0 bridgehead atoms. The van der Waals surface area contributed by atoms with Gasteiger partial charge in [0.15, 0.2) is 5.82 Å². The van der Waals surface area contributed by atoms with E-state index in [0.717, 1.165) is 56.9 Å². The van der Waals surface area contributed by atoms with Gasteiger partial charge in [0.1, 0.15) is 17.2 Å². The molecule has 2 aromatic carbocycles. The van der Waals surface area contributed by atoms with Gasteiger partial charge in [-0.1, -0.05) is 75.9 Å². The fourth-order valence-corrected chi connectivity index (χ4v) is 6.78. The molecule has 1 saturated carbocycles. The molecule has 0 saturated heterocycles. The quantitative estimate of drug-likeness (QED) is 0.244. The van der Waals surface area contributed by atoms with Gasteiger partial charge in [-0.2, -0.15) is 5.21 Å². The van der Waals surface area contributed by atoms with Crippen LogP contribution >= 0.6 is 11.6 Å². The number of carbonyl (C=O) groups excluding carboxylic acids is 2. The van der Waals surface area contributed by atoms with Gasteiger partial charge < -0.3 is 10.2 Å². The second kappa shape index (κ2) is 13.1. The molecule has 1 aliphatic carbocycles. The maximum atomic E-state index is 14.4. The van der Waals surface area contributed by atoms with E-state index in [2.05, 4.69) is 53.6 Å². The van der Waals surface area contributed by atoms with Crippen molar-refractivity contribution in [3.05, 3.63) is 75.8 Å². The van der Waals surface area contributed by atoms with Crippen LogP contribution in [0.25, 0.3) is 0 Å². The second-order valence-corrected chi connectivity index (χ2v) is 13.1. The standard InChI is InChI=1S/C33H41ClFN7O2/c1-5-7-8-27(21-9-11-22(12-10-21)30(43)36-20-28-38-40-41-39-28)42-31(44)29(23-13-14-26(35)25(34)19-23)37-33(42)17-15-24(16-18-33)32(3,4)6-2/h9-14,19,24,27H,5-8,15-18,20H2,1-4H3,(H,36,43)(H,38,39,40,41)/t24?,27-,33?/m1/s1. The van der Waals surface area contributed by atoms with Crippen molar-refractivity contribution in [2.45, 2.75) is 97.3 Å². The van der Waals surface area contributed by atoms with Crippen LogP contribution in [0.4, 0.5) is 4.39 Å². The number of H-pyrrole nitrogens is 1. The molecule has 44 heavy (non-hydrogen) atoms. The van der Waals surface area contributed by atoms with Crippen LogP contribution in [0.15, 0.2) is 47.5 Å². The molecule has 2 aliphatic rings. The Morgan fingerprint density at radius 1 is 1.18 bits per heavy atom. The van der Waals surface area contributed by atoms with E-state index in [-0.39, 0.29) is 34.8 Å². The van der Waals surface area contributed by atoms with Gasteiger partial charge in [-0.05, 0) is 79.3 Å². The molecule has 11 heteroatoms. The number of rotatable bonds is 11. The molecule has 2 heterocycles. The highest BCUT2D eigenvalue weighted by Crippen LogP contribution is 2.50. The third kappa shape index (κ3) is 6.41. The normalized spacial score (nSPS) is 21.0. The molecule has 2 N–H and O–H groups in total. The molecule has 0 unspecified atom stereocenters. The zero-order valence-electron chi connectivity index (χ0n) is 25.9. The maximum absolute atomic E-state index is 14.4. The number of benzene rings is 2. The molecule has 9 nitrogen and oxygen atoms in total. The van der Waals surface area contributed by atoms with Crippen LogP contribution in [0.3, 0.4) is 0 Å². The minimum absolute atomic E-state index is 0.0327. The van der Waals surface area contributed by atoms with Crippen molar-refractivity contribution in [1.82, 2.24) is 30.8 Å². The SMILES string of the molecule is CCCC[C@H](c1ccc(C(=O)NCc2nn[nH]n2)cc1)N1C(=O)C(c2ccc(F)c(Cl)c2)=NC12CCC(C(C)(C)CC)CC2. The number of aromatic nitrogens is 4. The van der Waals surface area contributed by atoms with Crippen LogP contribution in [0.5, 0.6) is 0 Å². The van der Waals surface area contributed by atoms with Gasteiger partial charge in [-0.3, -0.25) is 14.6 Å². The number of carbonyl (C=O) groups is 2. The largest absolute Gasteiger partial charge is 0.345 e. The Hall–Kier alpha value is -3.66. The minimum Gasteiger partial charge on any atom is -0.345 e. The first-order valence-corrected chi connectivity index (χ1v) is 16.0. The van der Waals surface area contributed by atoms with Gasteiger partial charge >= 0.3 is 0 Å². The Bertz CT molecular complexity index is 1500. The van der Waals surface area contributed by atoms with Crippen molar-refractivity contribution < 1.29 is 14.0 Å². The average Bonchev–Trinajstić information content (AvgIpc) is 3.65. The number of nitrogens with one attached hydrogen (secondary N) is 2. The van der Waals surface area contributed by atoms with E-state index in [1.165, 1.54) is 12.1 Å². The third-order valence-electron chi connectivity index (χ3n) is 9.68. The number of halogens is 2. The monoisotopic (exact) mass is 621 g/mol. The lowest BCUT2D eigenvalue weighted by Crippen LogP contribution is -2.51. The molecular weight excluding hydrogens is 581 g/mol. The van der Waals surface area contributed by atoms with E-state index in [0.29, 0.717) is 28.6 Å². The smallest absolute Gasteiger partial charge is 0.275 e. The number of aromatic amines is 1. The molecule has 1 fully saturated rings. The number of aliphatic imine (C=N–C) groups is 1. The lowest BCUT2D eigenvalue weighted by Gasteiger charge is -2.48. The summed E-state index contributed by atoms with van der Waals surface area (Å²) in [4.78, 5) is 34.4. The fourth-order valence-electron chi connectivity index (χ4n) is 6.60. The number of amides is 2. The number of unbranched alkanes of at least 4 members (excludes halogenated alkanes) is 1. The molecule has 234 valence electrons. The lowest BCUT2D eigenvalue weighted by molar-refractivity contribution is -0.133. The third-order valence-corrected chi connectivity index (χ3v) is 9.97. The molecule has 1 aliphatic heterocycles. The molecule has 3 aromatic rings. The van der Waals surface area contributed by atoms with Crippen LogP contribution in [-0.4, -0.2) is 48.7 Å². The Morgan fingerprint density at radius 2 is 1.91 bits per heavy atom. The summed E-state index contributed by atoms with van der Waals surface area (Å²) in [6.07, 6.45) is 7.16. The molecule has 1 spiro atoms. The summed E-state index contributed by atoms with van der Waals surface area (Å²) in [6.45, 7) is 9.18. The number of hydrogen-bond donors (Lipinski definition) is 2. The summed E-state index contributed by atoms with van der Waals surface area (Å²) in [6, 6.07) is 11.6. The summed E-state index contributed by atoms with van der Waals surface area (Å²) in [5.74, 6) is -0.0194. The summed E-state index contributed by atoms with van der Waals surface area (Å²) < 4.78 is 14.1. The zero-order valence-corrected chi connectivity index (χ0v) is 26.6. The highest BCUT2D eigenvalue weighted by molar-refractivity contribution is 6.47. The van der Waals surface area contributed by atoms with Gasteiger partial charge in [-0.15, -0.1) is 10.2 Å². The van der Waals surface area contributed by atoms with Crippen LogP contribution in [-0.2, 0) is 11.3 Å². The predicted octanol–water partition coefficient (Wildman–Crippen LogP) is 6.81. The van der Waals surface area contributed by atoms with E-state index >= 15 is 0 Å². The fraction of sp³-hybridized carbons (Fsp3) is 0.515. The van der Waals surface area contributed by atoms with Crippen molar-refractivity contribution in [2.75, 3.05) is 0 Å². The summed E-state index contributed by atoms with van der Waals surface area (Å²) in [5, 5.41) is 16.4. The van der Waals surface area contributed by atoms with Crippen LogP contribution in [0.1, 0.15) is 112 Å². The first-order valence-electron chi connectivity index (χ1n) is 15.6. The van der Waals surface area contributed by atoms with Crippen LogP contribution in [0, 0.1) is 17.2 Å². The summed E-state index contributed by atoms with van der Waals surface area (Å²) >= 11 is 6.16. The van der Waals surface area contributed by atoms with Gasteiger partial charge in [0.2, 0.25) is 0 Å². The first-order chi connectivity index (χ1) is 21.1. The Labute approximate surface area is 263 Å². The second-order valence-electron chi connectivity index (χ2n) is 12.7. The maximum Gasteiger partial charge on any atom is 0.275 e.